The van der Waals surface area contributed by atoms with E-state index in [1.807, 2.05) is 18.2 Å². The molecule has 1 fully saturated rings. The lowest BCUT2D eigenvalue weighted by molar-refractivity contribution is -0.137. The largest absolute Gasteiger partial charge is 0.417 e. The van der Waals surface area contributed by atoms with Gasteiger partial charge >= 0.3 is 6.18 Å². The number of pyridine rings is 1. The summed E-state index contributed by atoms with van der Waals surface area (Å²) in [4.78, 5) is 32.7. The van der Waals surface area contributed by atoms with Crippen molar-refractivity contribution in [2.75, 3.05) is 31.5 Å². The van der Waals surface area contributed by atoms with Gasteiger partial charge in [-0.3, -0.25) is 14.5 Å². The minimum absolute atomic E-state index is 0.104. The molecule has 2 aromatic heterocycles. The number of carbonyl (C=O) groups is 2. The molecule has 5 rings (SSSR count). The lowest BCUT2D eigenvalue weighted by atomic mass is 10.0. The van der Waals surface area contributed by atoms with Gasteiger partial charge in [-0.05, 0) is 48.0 Å². The maximum Gasteiger partial charge on any atom is 0.417 e. The molecule has 12 heteroatoms. The Balaban J connectivity index is 1.34. The van der Waals surface area contributed by atoms with E-state index in [4.69, 9.17) is 11.6 Å². The highest BCUT2D eigenvalue weighted by atomic mass is 35.5. The number of rotatable bonds is 7. The monoisotopic (exact) mass is 568 g/mol. The highest BCUT2D eigenvalue weighted by Crippen LogP contribution is 2.29. The first kappa shape index (κ1) is 27.5. The van der Waals surface area contributed by atoms with Crippen LogP contribution in [0.2, 0.25) is 5.02 Å². The van der Waals surface area contributed by atoms with Gasteiger partial charge in [0, 0.05) is 61.3 Å². The number of carbonyl (C=O) groups excluding carboxylic acids is 2. The number of hydrogen-bond acceptors (Lipinski definition) is 6. The summed E-state index contributed by atoms with van der Waals surface area (Å²) in [5.74, 6) is -0.765. The number of nitrogens with one attached hydrogen (secondary N) is 2. The summed E-state index contributed by atoms with van der Waals surface area (Å²) in [6, 6.07) is 13.9. The van der Waals surface area contributed by atoms with Crippen molar-refractivity contribution in [3.8, 4) is 5.82 Å². The second-order valence-electron chi connectivity index (χ2n) is 9.28. The van der Waals surface area contributed by atoms with E-state index < -0.39 is 17.5 Å². The number of alkyl halides is 3. The molecule has 1 aliphatic heterocycles. The van der Waals surface area contributed by atoms with E-state index in [0.717, 1.165) is 50.4 Å². The standard InChI is InChI=1S/C28H24ClF3N6O2/c29-22-5-6-24(36-27(40)19-3-1-2-18(12-19)16-37-10-8-33-9-11-37)23(13-22)26(39)20-14-35-38(17-20)25-7-4-21(15-34-25)28(30,31)32/h1-7,12-15,17,33H,8-11,16H2,(H,36,40). The minimum Gasteiger partial charge on any atom is -0.321 e. The van der Waals surface area contributed by atoms with Gasteiger partial charge in [-0.2, -0.15) is 18.3 Å². The fourth-order valence-corrected chi connectivity index (χ4v) is 4.53. The smallest absolute Gasteiger partial charge is 0.321 e. The van der Waals surface area contributed by atoms with Crippen LogP contribution in [0.1, 0.15) is 37.4 Å². The second-order valence-corrected chi connectivity index (χ2v) is 9.71. The minimum atomic E-state index is -4.52. The van der Waals surface area contributed by atoms with Crippen molar-refractivity contribution in [2.24, 2.45) is 0 Å². The van der Waals surface area contributed by atoms with Crippen LogP contribution in [0.25, 0.3) is 5.82 Å². The van der Waals surface area contributed by atoms with E-state index in [1.54, 1.807) is 18.2 Å². The third-order valence-corrected chi connectivity index (χ3v) is 6.67. The molecular formula is C28H24ClF3N6O2. The number of hydrogen-bond donors (Lipinski definition) is 2. The zero-order chi connectivity index (χ0) is 28.3. The van der Waals surface area contributed by atoms with E-state index in [0.29, 0.717) is 11.8 Å². The number of piperazine rings is 1. The fourth-order valence-electron chi connectivity index (χ4n) is 4.36. The number of amides is 1. The molecule has 2 aromatic carbocycles. The molecule has 0 spiro atoms. The van der Waals surface area contributed by atoms with Gasteiger partial charge in [-0.1, -0.05) is 23.7 Å². The molecule has 4 aromatic rings. The molecule has 1 saturated heterocycles. The molecule has 1 amide bonds. The summed E-state index contributed by atoms with van der Waals surface area (Å²) >= 11 is 6.17. The van der Waals surface area contributed by atoms with Crippen LogP contribution >= 0.6 is 11.6 Å². The molecule has 0 aliphatic carbocycles. The van der Waals surface area contributed by atoms with Gasteiger partial charge < -0.3 is 10.6 Å². The summed E-state index contributed by atoms with van der Waals surface area (Å²) in [7, 11) is 0. The molecule has 0 bridgehead atoms. The van der Waals surface area contributed by atoms with Gasteiger partial charge in [0.2, 0.25) is 0 Å². The molecule has 3 heterocycles. The zero-order valence-corrected chi connectivity index (χ0v) is 21.8. The van der Waals surface area contributed by atoms with Crippen molar-refractivity contribution in [1.29, 1.82) is 0 Å². The van der Waals surface area contributed by atoms with Gasteiger partial charge in [0.1, 0.15) is 0 Å². The van der Waals surface area contributed by atoms with Gasteiger partial charge in [-0.15, -0.1) is 0 Å². The van der Waals surface area contributed by atoms with Crippen molar-refractivity contribution >= 4 is 29.0 Å². The van der Waals surface area contributed by atoms with Crippen LogP contribution in [0.4, 0.5) is 18.9 Å². The van der Waals surface area contributed by atoms with Crippen molar-refractivity contribution in [3.63, 3.8) is 0 Å². The molecule has 0 radical (unpaired) electrons. The molecule has 1 aliphatic rings. The van der Waals surface area contributed by atoms with Crippen LogP contribution < -0.4 is 10.6 Å². The van der Waals surface area contributed by atoms with Gasteiger partial charge in [-0.25, -0.2) is 9.67 Å². The number of nitrogens with zero attached hydrogens (tertiary/aromatic N) is 4. The van der Waals surface area contributed by atoms with Crippen LogP contribution in [0, 0.1) is 0 Å². The van der Waals surface area contributed by atoms with E-state index in [-0.39, 0.29) is 33.6 Å². The highest BCUT2D eigenvalue weighted by Gasteiger charge is 2.30. The Hall–Kier alpha value is -4.06. The van der Waals surface area contributed by atoms with Crippen LogP contribution in [0.3, 0.4) is 0 Å². The average molecular weight is 569 g/mol. The number of ketones is 1. The molecule has 2 N–H and O–H groups in total. The van der Waals surface area contributed by atoms with E-state index >= 15 is 0 Å². The molecule has 0 saturated carbocycles. The summed E-state index contributed by atoms with van der Waals surface area (Å²) < 4.78 is 39.8. The maximum atomic E-state index is 13.4. The van der Waals surface area contributed by atoms with Gasteiger partial charge in [0.15, 0.2) is 11.6 Å². The summed E-state index contributed by atoms with van der Waals surface area (Å²) in [5.41, 5.74) is 1.09. The number of halogens is 4. The number of aromatic nitrogens is 3. The Labute approximate surface area is 232 Å². The summed E-state index contributed by atoms with van der Waals surface area (Å²) in [6.07, 6.45) is -1.20. The Morgan fingerprint density at radius 1 is 1.00 bits per heavy atom. The van der Waals surface area contributed by atoms with Crippen molar-refractivity contribution in [3.05, 3.63) is 106 Å². The molecule has 0 atom stereocenters. The number of benzene rings is 2. The van der Waals surface area contributed by atoms with Crippen LogP contribution in [-0.4, -0.2) is 57.5 Å². The Morgan fingerprint density at radius 3 is 2.52 bits per heavy atom. The van der Waals surface area contributed by atoms with E-state index in [1.165, 1.54) is 23.1 Å². The third-order valence-electron chi connectivity index (χ3n) is 6.43. The maximum absolute atomic E-state index is 13.4. The average Bonchev–Trinajstić information content (AvgIpc) is 3.44. The highest BCUT2D eigenvalue weighted by molar-refractivity contribution is 6.31. The van der Waals surface area contributed by atoms with E-state index in [9.17, 15) is 22.8 Å². The first-order valence-electron chi connectivity index (χ1n) is 12.4. The van der Waals surface area contributed by atoms with Crippen molar-refractivity contribution in [2.45, 2.75) is 12.7 Å². The lowest BCUT2D eigenvalue weighted by Gasteiger charge is -2.27. The van der Waals surface area contributed by atoms with Gasteiger partial charge in [0.05, 0.1) is 23.0 Å². The van der Waals surface area contributed by atoms with Crippen molar-refractivity contribution in [1.82, 2.24) is 25.0 Å². The van der Waals surface area contributed by atoms with Crippen LogP contribution in [0.5, 0.6) is 0 Å². The first-order valence-corrected chi connectivity index (χ1v) is 12.8. The predicted molar refractivity (Wildman–Crippen MR) is 144 cm³/mol. The summed E-state index contributed by atoms with van der Waals surface area (Å²) in [6.45, 7) is 4.43. The molecule has 40 heavy (non-hydrogen) atoms. The quantitative estimate of drug-likeness (QED) is 0.310. The zero-order valence-electron chi connectivity index (χ0n) is 21.1. The van der Waals surface area contributed by atoms with Crippen LogP contribution in [0.15, 0.2) is 73.2 Å². The van der Waals surface area contributed by atoms with Gasteiger partial charge in [0.25, 0.3) is 5.91 Å². The Kier molecular flexibility index (Phi) is 7.97. The SMILES string of the molecule is O=C(Nc1ccc(Cl)cc1C(=O)c1cnn(-c2ccc(C(F)(F)F)cn2)c1)c1cccc(CN2CCNCC2)c1. The first-order chi connectivity index (χ1) is 19.2. The lowest BCUT2D eigenvalue weighted by Crippen LogP contribution is -2.42. The van der Waals surface area contributed by atoms with Crippen LogP contribution in [-0.2, 0) is 12.7 Å². The molecule has 0 unspecified atom stereocenters. The van der Waals surface area contributed by atoms with E-state index in [2.05, 4.69) is 25.6 Å². The Bertz CT molecular complexity index is 1530. The molecule has 8 nitrogen and oxygen atoms in total. The predicted octanol–water partition coefficient (Wildman–Crippen LogP) is 4.83. The molecule has 206 valence electrons. The third kappa shape index (κ3) is 6.39. The molecular weight excluding hydrogens is 545 g/mol. The fraction of sp³-hybridized carbons (Fsp3) is 0.214. The number of anilines is 1. The second kappa shape index (κ2) is 11.6. The normalized spacial score (nSPS) is 14.2. The summed E-state index contributed by atoms with van der Waals surface area (Å²) in [5, 5.41) is 10.5. The Morgan fingerprint density at radius 2 is 1.80 bits per heavy atom. The topological polar surface area (TPSA) is 92.1 Å². The van der Waals surface area contributed by atoms with Crippen molar-refractivity contribution < 1.29 is 22.8 Å².